The molecule has 3 fully saturated rings. The standard InChI is InChI=1S/C20H22N10O8P2S/c21-16-14-18(25-5-23-16)29(7-27-14)13-2-10-12(36-13)4-33-39(31)37-11-1-9(3-34-40(32,41)38-10)35-20(11)30-8-28-15-17(22)24-6-26-19(15)30/h5-13,20H,1-4H2,(H4-,21,22,23,24,25,26,32,41)/p+1/t9-,10-,11+,12+,13+,20+,40?/m0/s1. The molecule has 4 aromatic rings. The molecule has 3 aliphatic heterocycles. The van der Waals surface area contributed by atoms with Gasteiger partial charge in [-0.2, -0.15) is 0 Å². The van der Waals surface area contributed by atoms with Crippen LogP contribution >= 0.6 is 15.0 Å². The number of imidazole rings is 2. The predicted molar refractivity (Wildman–Crippen MR) is 142 cm³/mol. The van der Waals surface area contributed by atoms with Crippen molar-refractivity contribution in [2.24, 2.45) is 0 Å². The number of hydrogen-bond acceptors (Lipinski definition) is 16. The van der Waals surface area contributed by atoms with E-state index in [1.807, 2.05) is 0 Å². The van der Waals surface area contributed by atoms with Crippen molar-refractivity contribution in [1.82, 2.24) is 39.0 Å². The van der Waals surface area contributed by atoms with Crippen LogP contribution in [0.25, 0.3) is 22.3 Å². The zero-order valence-corrected chi connectivity index (χ0v) is 23.5. The Bertz CT molecular complexity index is 1690. The van der Waals surface area contributed by atoms with Gasteiger partial charge >= 0.3 is 15.0 Å². The van der Waals surface area contributed by atoms with E-state index in [0.717, 1.165) is 0 Å². The number of aromatic nitrogens is 8. The normalized spacial score (nSPS) is 33.8. The highest BCUT2D eigenvalue weighted by molar-refractivity contribution is 8.07. The maximum Gasteiger partial charge on any atom is 0.697 e. The lowest BCUT2D eigenvalue weighted by Crippen LogP contribution is -2.28. The van der Waals surface area contributed by atoms with Crippen LogP contribution in [0, 0.1) is 0 Å². The fraction of sp³-hybridized carbons (Fsp3) is 0.500. The van der Waals surface area contributed by atoms with Crippen LogP contribution in [0.5, 0.6) is 0 Å². The van der Waals surface area contributed by atoms with Crippen LogP contribution in [0.2, 0.25) is 0 Å². The van der Waals surface area contributed by atoms with Gasteiger partial charge in [-0.3, -0.25) is 9.13 Å². The van der Waals surface area contributed by atoms with Gasteiger partial charge in [0.1, 0.15) is 48.7 Å². The first-order valence-corrected chi connectivity index (χ1v) is 16.0. The van der Waals surface area contributed by atoms with E-state index < -0.39 is 51.8 Å². The number of ether oxygens (including phenoxy) is 2. The zero-order valence-electron chi connectivity index (χ0n) is 20.9. The average Bonchev–Trinajstić information content (AvgIpc) is 3.71. The number of hydrogen-bond donors (Lipinski definition) is 3. The van der Waals surface area contributed by atoms with Crippen molar-refractivity contribution in [3.8, 4) is 0 Å². The smallest absolute Gasteiger partial charge is 0.382 e. The van der Waals surface area contributed by atoms with Crippen LogP contribution < -0.4 is 11.5 Å². The van der Waals surface area contributed by atoms with Crippen molar-refractivity contribution >= 4 is 60.7 Å². The van der Waals surface area contributed by atoms with Crippen molar-refractivity contribution in [3.05, 3.63) is 25.3 Å². The van der Waals surface area contributed by atoms with Crippen LogP contribution in [-0.4, -0.2) is 81.6 Å². The largest absolute Gasteiger partial charge is 0.697 e. The van der Waals surface area contributed by atoms with Gasteiger partial charge < -0.3 is 34.9 Å². The Labute approximate surface area is 236 Å². The van der Waals surface area contributed by atoms with E-state index in [-0.39, 0.29) is 37.7 Å². The van der Waals surface area contributed by atoms with Gasteiger partial charge in [0.15, 0.2) is 35.3 Å². The summed E-state index contributed by atoms with van der Waals surface area (Å²) in [5.41, 5.74) is 13.5. The third-order valence-electron chi connectivity index (χ3n) is 6.94. The number of rotatable bonds is 2. The lowest BCUT2D eigenvalue weighted by Gasteiger charge is -2.24. The third-order valence-corrected chi connectivity index (χ3v) is 9.33. The second-order valence-electron chi connectivity index (χ2n) is 9.49. The average molecular weight is 625 g/mol. The van der Waals surface area contributed by atoms with Crippen molar-refractivity contribution in [2.45, 2.75) is 49.7 Å². The minimum absolute atomic E-state index is 0.116. The van der Waals surface area contributed by atoms with Gasteiger partial charge in [0, 0.05) is 17.4 Å². The van der Waals surface area contributed by atoms with Crippen LogP contribution in [0.1, 0.15) is 25.3 Å². The lowest BCUT2D eigenvalue weighted by molar-refractivity contribution is -0.0566. The van der Waals surface area contributed by atoms with E-state index >= 15 is 0 Å². The predicted octanol–water partition coefficient (Wildman–Crippen LogP) is 1.10. The van der Waals surface area contributed by atoms with E-state index in [1.165, 1.54) is 25.3 Å². The number of nitrogens with zero attached hydrogens (tertiary/aromatic N) is 8. The van der Waals surface area contributed by atoms with Gasteiger partial charge in [-0.1, -0.05) is 0 Å². The Morgan fingerprint density at radius 2 is 1.59 bits per heavy atom. The molecular formula is C20H23N10O8P2S+. The van der Waals surface area contributed by atoms with Crippen molar-refractivity contribution < 1.29 is 37.0 Å². The molecule has 0 radical (unpaired) electrons. The monoisotopic (exact) mass is 625 g/mol. The molecule has 7 heterocycles. The molecule has 41 heavy (non-hydrogen) atoms. The van der Waals surface area contributed by atoms with Crippen LogP contribution in [0.15, 0.2) is 25.3 Å². The van der Waals surface area contributed by atoms with Gasteiger partial charge in [0.25, 0.3) is 0 Å². The molecule has 5 N–H and O–H groups in total. The summed E-state index contributed by atoms with van der Waals surface area (Å²) in [5, 5.41) is 0. The Morgan fingerprint density at radius 1 is 0.902 bits per heavy atom. The molecule has 0 aromatic carbocycles. The molecular weight excluding hydrogens is 602 g/mol. The van der Waals surface area contributed by atoms with Crippen molar-refractivity contribution in [1.29, 1.82) is 0 Å². The number of nitrogen functional groups attached to an aromatic ring is 2. The topological polar surface area (TPSA) is 232 Å². The van der Waals surface area contributed by atoms with Gasteiger partial charge in [-0.15, -0.1) is 9.05 Å². The van der Waals surface area contributed by atoms with Gasteiger partial charge in [-0.25, -0.2) is 29.9 Å². The molecule has 3 saturated heterocycles. The molecule has 2 bridgehead atoms. The lowest BCUT2D eigenvalue weighted by atomic mass is 10.2. The Kier molecular flexibility index (Phi) is 6.90. The van der Waals surface area contributed by atoms with Gasteiger partial charge in [0.05, 0.1) is 25.4 Å². The fourth-order valence-electron chi connectivity index (χ4n) is 5.09. The summed E-state index contributed by atoms with van der Waals surface area (Å²) in [6.45, 7) is -4.09. The summed E-state index contributed by atoms with van der Waals surface area (Å²) in [7, 11) is -2.64. The summed E-state index contributed by atoms with van der Waals surface area (Å²) in [5.74, 6) is 0.417. The summed E-state index contributed by atoms with van der Waals surface area (Å²) in [6, 6.07) is 0. The molecule has 2 unspecified atom stereocenters. The molecule has 7 rings (SSSR count). The highest BCUT2D eigenvalue weighted by Crippen LogP contribution is 2.51. The Morgan fingerprint density at radius 3 is 2.32 bits per heavy atom. The maximum atomic E-state index is 13.0. The quantitative estimate of drug-likeness (QED) is 0.265. The fourth-order valence-corrected chi connectivity index (χ4v) is 7.32. The van der Waals surface area contributed by atoms with Crippen LogP contribution in [0.3, 0.4) is 0 Å². The van der Waals surface area contributed by atoms with Crippen molar-refractivity contribution in [3.63, 3.8) is 0 Å². The molecule has 0 spiro atoms. The highest BCUT2D eigenvalue weighted by atomic mass is 32.5. The molecule has 8 atom stereocenters. The summed E-state index contributed by atoms with van der Waals surface area (Å²) < 4.78 is 51.5. The summed E-state index contributed by atoms with van der Waals surface area (Å²) in [6.07, 6.45) is 1.72. The molecule has 4 aromatic heterocycles. The Balaban J connectivity index is 1.14. The first-order chi connectivity index (χ1) is 19.8. The molecule has 18 nitrogen and oxygen atoms in total. The molecule has 0 aliphatic carbocycles. The SMILES string of the molecule is Nc1ncnc2c1ncn2[C@@H]1O[C@@H]2COP(O)(=S)O[C@H]3C[C@H](n4cnc5c(N)ncnc54)O[C@@H]3CO[P+](=O)O[C@@H]1C2. The zero-order chi connectivity index (χ0) is 28.3. The minimum atomic E-state index is -3.78. The first kappa shape index (κ1) is 27.0. The van der Waals surface area contributed by atoms with E-state index in [4.69, 9.17) is 50.8 Å². The molecule has 0 saturated carbocycles. The molecule has 3 aliphatic rings. The number of anilines is 2. The van der Waals surface area contributed by atoms with Gasteiger partial charge in [0.2, 0.25) is 0 Å². The molecule has 0 amide bonds. The van der Waals surface area contributed by atoms with Crippen LogP contribution in [0.4, 0.5) is 11.6 Å². The van der Waals surface area contributed by atoms with E-state index in [2.05, 4.69) is 29.9 Å². The number of fused-ring (bicyclic) bond motifs is 5. The van der Waals surface area contributed by atoms with E-state index in [9.17, 15) is 9.46 Å². The first-order valence-electron chi connectivity index (χ1n) is 12.4. The summed E-state index contributed by atoms with van der Waals surface area (Å²) >= 11 is 5.32. The number of nitrogens with two attached hydrogens (primary N) is 2. The van der Waals surface area contributed by atoms with Crippen molar-refractivity contribution in [2.75, 3.05) is 24.7 Å². The molecule has 21 heteroatoms. The summed E-state index contributed by atoms with van der Waals surface area (Å²) in [4.78, 5) is 35.9. The Hall–Kier alpha value is -2.83. The van der Waals surface area contributed by atoms with Crippen LogP contribution in [-0.2, 0) is 43.9 Å². The minimum Gasteiger partial charge on any atom is -0.382 e. The van der Waals surface area contributed by atoms with E-state index in [1.54, 1.807) is 9.13 Å². The van der Waals surface area contributed by atoms with E-state index in [0.29, 0.717) is 22.3 Å². The molecule has 216 valence electrons. The highest BCUT2D eigenvalue weighted by Gasteiger charge is 2.48. The maximum absolute atomic E-state index is 13.0. The van der Waals surface area contributed by atoms with Gasteiger partial charge in [-0.05, 0) is 11.8 Å². The third kappa shape index (κ3) is 5.08. The second-order valence-corrected chi connectivity index (χ2v) is 13.2. The second kappa shape index (κ2) is 10.5.